The van der Waals surface area contributed by atoms with Gasteiger partial charge in [0.15, 0.2) is 5.82 Å². The monoisotopic (exact) mass is 327 g/mol. The van der Waals surface area contributed by atoms with Gasteiger partial charge < -0.3 is 10.2 Å². The summed E-state index contributed by atoms with van der Waals surface area (Å²) >= 11 is 0. The van der Waals surface area contributed by atoms with Crippen LogP contribution >= 0.6 is 0 Å². The van der Waals surface area contributed by atoms with Gasteiger partial charge in [0.2, 0.25) is 5.91 Å². The maximum atomic E-state index is 12.2. The average molecular weight is 327 g/mol. The molecule has 0 aromatic carbocycles. The van der Waals surface area contributed by atoms with Crippen molar-refractivity contribution in [1.82, 2.24) is 15.5 Å². The second-order valence-corrected chi connectivity index (χ2v) is 5.41. The van der Waals surface area contributed by atoms with Crippen LogP contribution in [0.1, 0.15) is 29.7 Å². The number of nitriles is 1. The molecule has 1 amide bonds. The Kier molecular flexibility index (Phi) is 4.73. The summed E-state index contributed by atoms with van der Waals surface area (Å²) in [5.41, 5.74) is 1.55. The Morgan fingerprint density at radius 2 is 2.13 bits per heavy atom. The normalized spacial score (nSPS) is 17.9. The highest BCUT2D eigenvalue weighted by Crippen LogP contribution is 2.28. The van der Waals surface area contributed by atoms with Gasteiger partial charge in [-0.15, -0.1) is 5.10 Å². The summed E-state index contributed by atoms with van der Waals surface area (Å²) in [5, 5.41) is 19.2. The molecule has 0 spiro atoms. The Morgan fingerprint density at radius 1 is 1.43 bits per heavy atom. The van der Waals surface area contributed by atoms with Crippen LogP contribution < -0.4 is 10.2 Å². The molecule has 1 atom stereocenters. The number of rotatable bonds is 3. The third-order valence-electron chi connectivity index (χ3n) is 3.84. The summed E-state index contributed by atoms with van der Waals surface area (Å²) in [6, 6.07) is 1.26. The number of anilines is 1. The Balaban J connectivity index is 2.24. The first-order valence-electron chi connectivity index (χ1n) is 7.09. The molecular weight excluding hydrogens is 311 g/mol. The van der Waals surface area contributed by atoms with E-state index in [1.54, 1.807) is 18.7 Å². The molecule has 0 bridgehead atoms. The molecule has 0 saturated carbocycles. The van der Waals surface area contributed by atoms with Crippen molar-refractivity contribution in [2.24, 2.45) is 0 Å². The number of amides is 1. The summed E-state index contributed by atoms with van der Waals surface area (Å²) in [6.07, 6.45) is -3.43. The molecule has 0 radical (unpaired) electrons. The maximum absolute atomic E-state index is 12.2. The van der Waals surface area contributed by atoms with Crippen molar-refractivity contribution in [3.05, 3.63) is 16.8 Å². The minimum absolute atomic E-state index is 0.250. The first kappa shape index (κ1) is 17.0. The third kappa shape index (κ3) is 3.70. The molecule has 9 heteroatoms. The average Bonchev–Trinajstić information content (AvgIpc) is 2.96. The van der Waals surface area contributed by atoms with E-state index >= 15 is 0 Å². The number of hydrogen-bond donors (Lipinski definition) is 1. The number of carbonyl (C=O) groups excluding carboxylic acids is 1. The van der Waals surface area contributed by atoms with Crippen LogP contribution in [0.15, 0.2) is 0 Å². The SMILES string of the molecule is Cc1nnc(N2CCCC2C(=O)NCC(F)(F)F)c(C#N)c1C. The first-order chi connectivity index (χ1) is 10.7. The maximum Gasteiger partial charge on any atom is 0.405 e. The molecule has 124 valence electrons. The quantitative estimate of drug-likeness (QED) is 0.912. The van der Waals surface area contributed by atoms with E-state index < -0.39 is 24.7 Å². The fourth-order valence-corrected chi connectivity index (χ4v) is 2.53. The predicted molar refractivity (Wildman–Crippen MR) is 75.7 cm³/mol. The van der Waals surface area contributed by atoms with Crippen LogP contribution in [0, 0.1) is 25.2 Å². The molecule has 1 fully saturated rings. The van der Waals surface area contributed by atoms with E-state index in [-0.39, 0.29) is 5.82 Å². The Morgan fingerprint density at radius 3 is 2.74 bits per heavy atom. The molecule has 1 aliphatic heterocycles. The lowest BCUT2D eigenvalue weighted by atomic mass is 10.1. The van der Waals surface area contributed by atoms with Gasteiger partial charge in [0.25, 0.3) is 0 Å². The van der Waals surface area contributed by atoms with Crippen molar-refractivity contribution in [3.63, 3.8) is 0 Å². The zero-order chi connectivity index (χ0) is 17.2. The van der Waals surface area contributed by atoms with E-state index in [1.165, 1.54) is 0 Å². The molecule has 23 heavy (non-hydrogen) atoms. The molecule has 1 unspecified atom stereocenters. The van der Waals surface area contributed by atoms with Crippen LogP contribution in [0.2, 0.25) is 0 Å². The van der Waals surface area contributed by atoms with Crippen molar-refractivity contribution in [2.75, 3.05) is 18.0 Å². The topological polar surface area (TPSA) is 81.9 Å². The number of hydrogen-bond acceptors (Lipinski definition) is 5. The first-order valence-corrected chi connectivity index (χ1v) is 7.09. The standard InChI is InChI=1S/C14H16F3N5O/c1-8-9(2)20-21-12(10(8)6-18)22-5-3-4-11(22)13(23)19-7-14(15,16)17/h11H,3-5,7H2,1-2H3,(H,19,23). The number of carbonyl (C=O) groups is 1. The van der Waals surface area contributed by atoms with Gasteiger partial charge in [-0.25, -0.2) is 0 Å². The highest BCUT2D eigenvalue weighted by atomic mass is 19.4. The molecule has 1 aromatic rings. The molecule has 1 N–H and O–H groups in total. The highest BCUT2D eigenvalue weighted by molar-refractivity contribution is 5.86. The second-order valence-electron chi connectivity index (χ2n) is 5.41. The summed E-state index contributed by atoms with van der Waals surface area (Å²) in [6.45, 7) is 2.50. The van der Waals surface area contributed by atoms with Crippen molar-refractivity contribution in [3.8, 4) is 6.07 Å². The smallest absolute Gasteiger partial charge is 0.345 e. The van der Waals surface area contributed by atoms with Crippen molar-refractivity contribution in [1.29, 1.82) is 5.26 Å². The number of alkyl halides is 3. The molecule has 6 nitrogen and oxygen atoms in total. The van der Waals surface area contributed by atoms with Crippen LogP contribution in [-0.2, 0) is 4.79 Å². The lowest BCUT2D eigenvalue weighted by Crippen LogP contribution is -2.46. The van der Waals surface area contributed by atoms with Gasteiger partial charge in [-0.05, 0) is 32.3 Å². The number of nitrogens with zero attached hydrogens (tertiary/aromatic N) is 4. The summed E-state index contributed by atoms with van der Waals surface area (Å²) in [7, 11) is 0. The Labute approximate surface area is 131 Å². The number of halogens is 3. The molecule has 0 aliphatic carbocycles. The van der Waals surface area contributed by atoms with E-state index in [2.05, 4.69) is 10.2 Å². The van der Waals surface area contributed by atoms with E-state index in [0.29, 0.717) is 36.2 Å². The second kappa shape index (κ2) is 6.40. The lowest BCUT2D eigenvalue weighted by Gasteiger charge is -2.26. The summed E-state index contributed by atoms with van der Waals surface area (Å²) in [4.78, 5) is 13.6. The minimum atomic E-state index is -4.46. The van der Waals surface area contributed by atoms with Crippen LogP contribution in [-0.4, -0.2) is 41.4 Å². The van der Waals surface area contributed by atoms with Gasteiger partial charge in [-0.3, -0.25) is 4.79 Å². The lowest BCUT2D eigenvalue weighted by molar-refractivity contribution is -0.139. The molecule has 2 heterocycles. The van der Waals surface area contributed by atoms with E-state index in [9.17, 15) is 23.2 Å². The largest absolute Gasteiger partial charge is 0.405 e. The summed E-state index contributed by atoms with van der Waals surface area (Å²) in [5.74, 6) is -0.469. The molecule has 1 aromatic heterocycles. The van der Waals surface area contributed by atoms with Crippen molar-refractivity contribution in [2.45, 2.75) is 38.9 Å². The van der Waals surface area contributed by atoms with Crippen molar-refractivity contribution < 1.29 is 18.0 Å². The van der Waals surface area contributed by atoms with Gasteiger partial charge >= 0.3 is 6.18 Å². The van der Waals surface area contributed by atoms with Gasteiger partial charge in [-0.2, -0.15) is 23.5 Å². The Bertz CT molecular complexity index is 653. The van der Waals surface area contributed by atoms with E-state index in [0.717, 1.165) is 0 Å². The molecule has 1 aliphatic rings. The van der Waals surface area contributed by atoms with Crippen LogP contribution in [0.4, 0.5) is 19.0 Å². The van der Waals surface area contributed by atoms with E-state index in [1.807, 2.05) is 11.4 Å². The van der Waals surface area contributed by atoms with Gasteiger partial charge in [0.1, 0.15) is 24.2 Å². The summed E-state index contributed by atoms with van der Waals surface area (Å²) < 4.78 is 36.7. The number of aromatic nitrogens is 2. The molecule has 1 saturated heterocycles. The van der Waals surface area contributed by atoms with E-state index in [4.69, 9.17) is 0 Å². The van der Waals surface area contributed by atoms with Gasteiger partial charge in [0.05, 0.1) is 5.69 Å². The zero-order valence-corrected chi connectivity index (χ0v) is 12.7. The van der Waals surface area contributed by atoms with Crippen LogP contribution in [0.5, 0.6) is 0 Å². The van der Waals surface area contributed by atoms with Crippen LogP contribution in [0.25, 0.3) is 0 Å². The number of aryl methyl sites for hydroxylation is 1. The fraction of sp³-hybridized carbons (Fsp3) is 0.571. The predicted octanol–water partition coefficient (Wildman–Crippen LogP) is 1.61. The fourth-order valence-electron chi connectivity index (χ4n) is 2.53. The minimum Gasteiger partial charge on any atom is -0.345 e. The Hall–Kier alpha value is -2.37. The highest BCUT2D eigenvalue weighted by Gasteiger charge is 2.36. The van der Waals surface area contributed by atoms with Gasteiger partial charge in [0, 0.05) is 6.54 Å². The zero-order valence-electron chi connectivity index (χ0n) is 12.7. The van der Waals surface area contributed by atoms with Gasteiger partial charge in [-0.1, -0.05) is 0 Å². The van der Waals surface area contributed by atoms with Crippen LogP contribution in [0.3, 0.4) is 0 Å². The molecular formula is C14H16F3N5O. The van der Waals surface area contributed by atoms with Crippen molar-refractivity contribution >= 4 is 11.7 Å². The number of nitrogens with one attached hydrogen (secondary N) is 1. The molecule has 2 rings (SSSR count). The third-order valence-corrected chi connectivity index (χ3v) is 3.84.